The molecule has 10 aromatic carbocycles. The number of carboxylic acids is 2. The molecule has 136 heavy (non-hydrogen) atoms. The first-order valence-electron chi connectivity index (χ1n) is 42.1. The van der Waals surface area contributed by atoms with E-state index in [-0.39, 0.29) is 132 Å². The molecule has 4 atom stereocenters. The van der Waals surface area contributed by atoms with Crippen molar-refractivity contribution in [3.63, 3.8) is 0 Å². The van der Waals surface area contributed by atoms with Gasteiger partial charge >= 0.3 is 62.9 Å². The molecule has 10 aromatic rings. The second kappa shape index (κ2) is 60.2. The summed E-state index contributed by atoms with van der Waals surface area (Å²) < 4.78 is 105. The van der Waals surface area contributed by atoms with Gasteiger partial charge in [0, 0.05) is 194 Å². The third-order valence-electron chi connectivity index (χ3n) is 19.8. The maximum absolute atomic E-state index is 14.9. The van der Waals surface area contributed by atoms with E-state index in [1.54, 1.807) is 75.2 Å². The van der Waals surface area contributed by atoms with Gasteiger partial charge in [0.15, 0.2) is 0 Å². The number of phenols is 1. The first kappa shape index (κ1) is 119. The Morgan fingerprint density at radius 2 is 0.779 bits per heavy atom. The molecule has 1 amide bonds. The standard InChI is InChI=1S/C24H24ClFN2O.C23H22ClFN2O.C21H22ClFN2O3.C17H18ClFN2O.C4H5ClO2.C4H9O.C2H8O4S.2C2H4O2.K.Pd/c1-29-21-11-12-23(22(26)15-21)28-14-13-27(16-18-5-3-2-4-6-18)17-24(28)19-7-9-20(25)10-8-19;24-19-8-6-18(7-9-19)23-16-26(15-17-4-2-1-3-5-17)12-13-27(23)22-11-10-20(28)14-21(22)25;1-3-12-28-21(26)24-10-11-25(19-9-8-17(27-2)13-18(19)23)20(14-24)15-4-6-16(22)7-5-15;1-22-14-6-7-16(15(19)10-14)21-9-8-20-11-17(21)12-2-4-13(18)5-3-12;1-2-3-7-4(5)6;1-4(2,3)5;1-7(2,4,5)6-3;2*1-2(3)4;;/h2-12,15,24H,13-14,16-17H2,1H3;1-11,14,23,28H,12-13,15-16H2;3-9,13,20H,1,10-12,14H2,2H3;2-7,10,17,20H,8-9,11H2,1H3;2H,1,3H2;1-3H3;3H,1-2H3,(H,4,5);2*1H3,(H,3,4);;/q;;;;;-1;;;;+1;/t24-;23-;20-;17-;;;;;;;/m0000......./s1. The number of benzene rings is 10. The number of hydrogen-bond acceptors (Lipinski definition) is 21. The maximum Gasteiger partial charge on any atom is 1.00 e. The minimum Gasteiger partial charge on any atom is -0.850 e. The van der Waals surface area contributed by atoms with Crippen LogP contribution in [0.15, 0.2) is 256 Å². The SMILES string of the molecule is C=CCOC(=O)Cl.C=CCOC(=O)N1CCN(c2ccc(OC)cc2F)[C@H](c2ccc(Cl)cc2)C1.CC(=O)O.CC(=O)O.CC(C)(C)[O-].COc1ccc(N2CCN(Cc3ccccc3)C[C@H]2c2ccc(Cl)cc2)c(F)c1.COc1ccc(N2CCNC[C@H]2c2ccc(Cl)cc2)c(F)c1.CS(C)(=O)(O)OO.Oc1ccc(N2CCN(Cc3ccccc3)C[C@H]2c2ccc(Cl)cc2)c(F)c1.[K+].[Pd]. The molecular weight excluding hydrogens is 2000 g/mol. The molecule has 37 heteroatoms. The number of halogens is 9. The van der Waals surface area contributed by atoms with Gasteiger partial charge in [-0.1, -0.05) is 202 Å². The number of nitrogens with one attached hydrogen (secondary N) is 1. The molecule has 4 heterocycles. The zero-order valence-corrected chi connectivity index (χ0v) is 86.8. The number of ether oxygens (including phenoxy) is 5. The fourth-order valence-electron chi connectivity index (χ4n) is 14.0. The van der Waals surface area contributed by atoms with E-state index in [9.17, 15) is 41.6 Å². The van der Waals surface area contributed by atoms with Gasteiger partial charge in [0.05, 0.1) is 68.2 Å². The normalized spacial score (nSPS) is 15.8. The number of anilines is 4. The van der Waals surface area contributed by atoms with Crippen LogP contribution in [0.1, 0.15) is 92.2 Å². The summed E-state index contributed by atoms with van der Waals surface area (Å²) in [6.45, 7) is 24.3. The van der Waals surface area contributed by atoms with Gasteiger partial charge in [-0.3, -0.25) is 19.4 Å². The van der Waals surface area contributed by atoms with E-state index in [2.05, 4.69) is 88.4 Å². The molecule has 4 saturated heterocycles. The Labute approximate surface area is 874 Å². The second-order valence-electron chi connectivity index (χ2n) is 31.8. The molecule has 0 radical (unpaired) electrons. The van der Waals surface area contributed by atoms with Gasteiger partial charge in [0.1, 0.15) is 69.1 Å². The van der Waals surface area contributed by atoms with Crippen molar-refractivity contribution >= 4 is 114 Å². The summed E-state index contributed by atoms with van der Waals surface area (Å²) in [6.07, 6.45) is 4.36. The van der Waals surface area contributed by atoms with Crippen LogP contribution in [0, 0.1) is 23.3 Å². The van der Waals surface area contributed by atoms with Crippen LogP contribution in [0.25, 0.3) is 0 Å². The average molecular weight is 2120 g/mol. The van der Waals surface area contributed by atoms with E-state index in [0.29, 0.717) is 86.3 Å². The number of piperazine rings is 4. The van der Waals surface area contributed by atoms with E-state index in [0.717, 1.165) is 114 Å². The molecule has 4 aliphatic heterocycles. The van der Waals surface area contributed by atoms with Crippen LogP contribution in [0.5, 0.6) is 23.0 Å². The first-order valence-corrected chi connectivity index (χ1v) is 46.6. The van der Waals surface area contributed by atoms with Crippen molar-refractivity contribution in [2.24, 2.45) is 0 Å². The largest absolute Gasteiger partial charge is 1.00 e. The molecule has 0 aromatic heterocycles. The van der Waals surface area contributed by atoms with Gasteiger partial charge < -0.3 is 78.5 Å². The van der Waals surface area contributed by atoms with Crippen LogP contribution in [-0.2, 0) is 66.5 Å². The van der Waals surface area contributed by atoms with Crippen LogP contribution < -0.4 is 95.6 Å². The van der Waals surface area contributed by atoms with Gasteiger partial charge in [0.2, 0.25) is 0 Å². The summed E-state index contributed by atoms with van der Waals surface area (Å²) in [5.74, 6) is -1.53. The van der Waals surface area contributed by atoms with Crippen molar-refractivity contribution in [1.29, 1.82) is 0 Å². The number of phenolic OH excluding ortho intramolecular Hbond substituents is 1. The number of carbonyl (C=O) groups is 4. The number of aliphatic carboxylic acids is 2. The van der Waals surface area contributed by atoms with E-state index in [1.165, 1.54) is 67.8 Å². The fraction of sp³-hybridized carbons (Fsp3) is 0.313. The molecule has 14 rings (SSSR count). The monoisotopic (exact) mass is 2120 g/mol. The molecule has 6 N–H and O–H groups in total. The van der Waals surface area contributed by atoms with Crippen LogP contribution in [-0.4, -0.2) is 199 Å². The van der Waals surface area contributed by atoms with Gasteiger partial charge in [-0.15, -0.1) is 9.93 Å². The molecule has 0 spiro atoms. The van der Waals surface area contributed by atoms with E-state index >= 15 is 0 Å². The number of aromatic hydroxyl groups is 1. The summed E-state index contributed by atoms with van der Waals surface area (Å²) in [4.78, 5) is 54.7. The molecule has 0 aliphatic carbocycles. The van der Waals surface area contributed by atoms with Crippen molar-refractivity contribution in [3.8, 4) is 23.0 Å². The molecule has 0 unspecified atom stereocenters. The quantitative estimate of drug-likeness (QED) is 0.0103. The zero-order valence-electron chi connectivity index (χ0n) is 77.5. The topological polar surface area (TPSA) is 300 Å². The summed E-state index contributed by atoms with van der Waals surface area (Å²) in [5.41, 5.74) is 7.45. The van der Waals surface area contributed by atoms with Crippen LogP contribution >= 0.6 is 58.0 Å². The van der Waals surface area contributed by atoms with Crippen molar-refractivity contribution < 1.29 is 171 Å². The second-order valence-corrected chi connectivity index (χ2v) is 37.3. The first-order chi connectivity index (χ1) is 63.5. The third-order valence-corrected chi connectivity index (χ3v) is 21.4. The van der Waals surface area contributed by atoms with E-state index in [1.807, 2.05) is 126 Å². The molecule has 4 aliphatic rings. The molecule has 0 bridgehead atoms. The van der Waals surface area contributed by atoms with Crippen LogP contribution in [0.2, 0.25) is 20.1 Å². The fourth-order valence-corrected chi connectivity index (χ4v) is 14.5. The van der Waals surface area contributed by atoms with E-state index < -0.39 is 44.5 Å². The Hall–Kier alpha value is -8.90. The third kappa shape index (κ3) is 43.2. The van der Waals surface area contributed by atoms with Crippen molar-refractivity contribution in [2.45, 2.75) is 77.5 Å². The number of carboxylic acid groups (broad SMARTS) is 2. The van der Waals surface area contributed by atoms with Crippen LogP contribution in [0.3, 0.4) is 0 Å². The number of methoxy groups -OCH3 is 3. The minimum absolute atomic E-state index is 0. The summed E-state index contributed by atoms with van der Waals surface area (Å²) >= 11 is 28.9. The number of hydrogen-bond donors (Lipinski definition) is 6. The van der Waals surface area contributed by atoms with Gasteiger partial charge in [-0.25, -0.2) is 36.6 Å². The number of amides is 1. The van der Waals surface area contributed by atoms with E-state index in [4.69, 9.17) is 107 Å². The Morgan fingerprint density at radius 3 is 1.07 bits per heavy atom. The van der Waals surface area contributed by atoms with Crippen LogP contribution in [0.4, 0.5) is 49.9 Å². The maximum atomic E-state index is 14.9. The van der Waals surface area contributed by atoms with Crippen molar-refractivity contribution in [2.75, 3.05) is 145 Å². The molecule has 734 valence electrons. The predicted octanol–water partition coefficient (Wildman–Crippen LogP) is 17.9. The predicted molar refractivity (Wildman–Crippen MR) is 523 cm³/mol. The number of rotatable bonds is 20. The average Bonchev–Trinajstić information content (AvgIpc) is 0.769. The summed E-state index contributed by atoms with van der Waals surface area (Å²) in [7, 11) is 0.525. The Bertz CT molecular complexity index is 5380. The van der Waals surface area contributed by atoms with Gasteiger partial charge in [-0.05, 0) is 130 Å². The molecule has 25 nitrogen and oxygen atoms in total. The molecular formula is C99H116Cl5F4KN8O17PdS. The van der Waals surface area contributed by atoms with Gasteiger partial charge in [-0.2, -0.15) is 0 Å². The smallest absolute Gasteiger partial charge is 0.850 e. The van der Waals surface area contributed by atoms with Gasteiger partial charge in [0.25, 0.3) is 11.9 Å². The summed E-state index contributed by atoms with van der Waals surface area (Å²) in [6, 6.07) is 70.6. The van der Waals surface area contributed by atoms with Crippen molar-refractivity contribution in [1.82, 2.24) is 20.0 Å². The minimum atomic E-state index is -4.06. The Morgan fingerprint density at radius 1 is 0.485 bits per heavy atom. The molecule has 0 saturated carbocycles. The summed E-state index contributed by atoms with van der Waals surface area (Å²) in [5, 5.41) is 48.2. The van der Waals surface area contributed by atoms with Crippen molar-refractivity contribution in [3.05, 3.63) is 333 Å². The zero-order chi connectivity index (χ0) is 98.9. The number of carbonyl (C=O) groups excluding carboxylic acids is 2. The Balaban J connectivity index is 0.000000346. The molecule has 4 fully saturated rings. The Kier molecular flexibility index (Phi) is 52.8. The number of nitrogens with zero attached hydrogens (tertiary/aromatic N) is 7.